The highest BCUT2D eigenvalue weighted by atomic mass is 15.2. The summed E-state index contributed by atoms with van der Waals surface area (Å²) in [5, 5.41) is 3.26. The van der Waals surface area contributed by atoms with Crippen LogP contribution >= 0.6 is 0 Å². The largest absolute Gasteiger partial charge is 0.393 e. The number of allylic oxidation sites excluding steroid dienone is 10. The number of piperidine rings is 1. The molecule has 1 aliphatic carbocycles. The monoisotopic (exact) mass is 528 g/mol. The summed E-state index contributed by atoms with van der Waals surface area (Å²) in [4.78, 5) is 2.66. The zero-order valence-corrected chi connectivity index (χ0v) is 25.0. The summed E-state index contributed by atoms with van der Waals surface area (Å²) in [6, 6.07) is 19.9. The number of hydrogen-bond donors (Lipinski definition) is 1. The van der Waals surface area contributed by atoms with Gasteiger partial charge in [0.05, 0.1) is 0 Å². The van der Waals surface area contributed by atoms with E-state index in [1.807, 2.05) is 7.05 Å². The van der Waals surface area contributed by atoms with E-state index in [-0.39, 0.29) is 11.0 Å². The molecule has 1 saturated heterocycles. The van der Waals surface area contributed by atoms with Crippen LogP contribution in [0, 0.1) is 5.92 Å². The Morgan fingerprint density at radius 2 is 1.80 bits per heavy atom. The van der Waals surface area contributed by atoms with Gasteiger partial charge in [-0.25, -0.2) is 0 Å². The van der Waals surface area contributed by atoms with Crippen molar-refractivity contribution >= 4 is 5.57 Å². The Bertz CT molecular complexity index is 1460. The molecule has 0 aromatic heterocycles. The van der Waals surface area contributed by atoms with E-state index in [0.29, 0.717) is 5.92 Å². The quantitative estimate of drug-likeness (QED) is 0.286. The third kappa shape index (κ3) is 4.54. The van der Waals surface area contributed by atoms with Crippen LogP contribution in [0.25, 0.3) is 5.57 Å². The standard InChI is InChI=1S/C38H44N2/c1-7-25-38(34-21-15-16-29(3)36(34)35-22-13-14-26-40(35)37(38,4)5)33-20-12-11-19-31(33)24-23-28(2)32(27-39-6)30-17-9-8-10-18-30/h7-20,22-23,25,27,34,39H,21,24,26H2,1-6H3/b25-7?,28-23-,32-27+. The van der Waals surface area contributed by atoms with Crippen LogP contribution < -0.4 is 5.32 Å². The Morgan fingerprint density at radius 3 is 2.55 bits per heavy atom. The van der Waals surface area contributed by atoms with E-state index in [1.165, 1.54) is 44.7 Å². The molecule has 1 fully saturated rings. The lowest BCUT2D eigenvalue weighted by Gasteiger charge is -2.63. The van der Waals surface area contributed by atoms with Crippen molar-refractivity contribution in [3.8, 4) is 0 Å². The SMILES string of the molecule is CC=CC1(c2ccccc2C/C=C(C)\C(=C/NC)c2ccccc2)C2CC=CC(C)=C2C2=CC=CCN2C1(C)C. The number of rotatable bonds is 7. The first kappa shape index (κ1) is 27.8. The minimum absolute atomic E-state index is 0.133. The Hall–Kier alpha value is -3.78. The molecular formula is C38H44N2. The number of hydrogen-bond acceptors (Lipinski definition) is 2. The second kappa shape index (κ2) is 11.4. The summed E-state index contributed by atoms with van der Waals surface area (Å²) in [5.41, 5.74) is 10.6. The second-order valence-electron chi connectivity index (χ2n) is 11.8. The summed E-state index contributed by atoms with van der Waals surface area (Å²) in [5.74, 6) is 0.369. The number of fused-ring (bicyclic) bond motifs is 3. The molecular weight excluding hydrogens is 484 g/mol. The van der Waals surface area contributed by atoms with Gasteiger partial charge in [-0.05, 0) is 92.5 Å². The number of benzene rings is 2. The maximum Gasteiger partial charge on any atom is 0.0486 e. The van der Waals surface area contributed by atoms with E-state index in [9.17, 15) is 0 Å². The van der Waals surface area contributed by atoms with Gasteiger partial charge in [-0.15, -0.1) is 0 Å². The van der Waals surface area contributed by atoms with Crippen molar-refractivity contribution in [1.29, 1.82) is 0 Å². The normalized spacial score (nSPS) is 24.2. The average Bonchev–Trinajstić information content (AvgIpc) is 2.97. The second-order valence-corrected chi connectivity index (χ2v) is 11.8. The van der Waals surface area contributed by atoms with Crippen LogP contribution in [-0.4, -0.2) is 24.0 Å². The molecule has 2 aromatic rings. The fourth-order valence-electron chi connectivity index (χ4n) is 7.44. The first-order valence-corrected chi connectivity index (χ1v) is 14.7. The van der Waals surface area contributed by atoms with Gasteiger partial charge in [-0.2, -0.15) is 0 Å². The van der Waals surface area contributed by atoms with Gasteiger partial charge in [-0.1, -0.05) is 97.1 Å². The van der Waals surface area contributed by atoms with Crippen molar-refractivity contribution < 1.29 is 0 Å². The lowest BCUT2D eigenvalue weighted by atomic mass is 9.51. The molecule has 0 saturated carbocycles. The first-order valence-electron chi connectivity index (χ1n) is 14.7. The van der Waals surface area contributed by atoms with E-state index in [0.717, 1.165) is 19.4 Å². The molecule has 2 unspecified atom stereocenters. The highest BCUT2D eigenvalue weighted by Crippen LogP contribution is 2.59. The fraction of sp³-hybridized carbons (Fsp3) is 0.316. The number of nitrogens with zero attached hydrogens (tertiary/aromatic N) is 1. The van der Waals surface area contributed by atoms with Gasteiger partial charge < -0.3 is 10.2 Å². The summed E-state index contributed by atoms with van der Waals surface area (Å²) in [7, 11) is 1.97. The lowest BCUT2D eigenvalue weighted by Crippen LogP contribution is -2.65. The predicted molar refractivity (Wildman–Crippen MR) is 172 cm³/mol. The summed E-state index contributed by atoms with van der Waals surface area (Å²) < 4.78 is 0. The van der Waals surface area contributed by atoms with E-state index in [1.54, 1.807) is 0 Å². The molecule has 5 rings (SSSR count). The van der Waals surface area contributed by atoms with Crippen molar-refractivity contribution in [2.45, 2.75) is 58.4 Å². The van der Waals surface area contributed by atoms with E-state index in [4.69, 9.17) is 0 Å². The van der Waals surface area contributed by atoms with Gasteiger partial charge in [0.15, 0.2) is 0 Å². The zero-order valence-electron chi connectivity index (χ0n) is 25.0. The molecule has 0 amide bonds. The maximum absolute atomic E-state index is 3.26. The van der Waals surface area contributed by atoms with Crippen molar-refractivity contribution in [2.75, 3.05) is 13.6 Å². The highest BCUT2D eigenvalue weighted by Gasteiger charge is 2.59. The van der Waals surface area contributed by atoms with Crippen LogP contribution in [0.4, 0.5) is 0 Å². The van der Waals surface area contributed by atoms with Gasteiger partial charge >= 0.3 is 0 Å². The molecule has 2 aromatic carbocycles. The average molecular weight is 529 g/mol. The maximum atomic E-state index is 3.26. The molecule has 40 heavy (non-hydrogen) atoms. The molecule has 206 valence electrons. The van der Waals surface area contributed by atoms with Crippen LogP contribution in [0.1, 0.15) is 57.7 Å². The van der Waals surface area contributed by atoms with E-state index in [2.05, 4.69) is 154 Å². The molecule has 1 N–H and O–H groups in total. The fourth-order valence-corrected chi connectivity index (χ4v) is 7.44. The topological polar surface area (TPSA) is 15.3 Å². The minimum Gasteiger partial charge on any atom is -0.393 e. The third-order valence-electron chi connectivity index (χ3n) is 9.31. The van der Waals surface area contributed by atoms with Crippen molar-refractivity contribution in [1.82, 2.24) is 10.2 Å². The summed E-state index contributed by atoms with van der Waals surface area (Å²) in [6.07, 6.45) is 22.9. The molecule has 2 heteroatoms. The third-order valence-corrected chi connectivity index (χ3v) is 9.31. The van der Waals surface area contributed by atoms with E-state index < -0.39 is 0 Å². The van der Waals surface area contributed by atoms with Crippen molar-refractivity contribution in [2.24, 2.45) is 5.92 Å². The van der Waals surface area contributed by atoms with Gasteiger partial charge in [-0.3, -0.25) is 0 Å². The van der Waals surface area contributed by atoms with Gasteiger partial charge in [0.25, 0.3) is 0 Å². The van der Waals surface area contributed by atoms with Crippen molar-refractivity contribution in [3.05, 3.63) is 149 Å². The van der Waals surface area contributed by atoms with E-state index >= 15 is 0 Å². The zero-order chi connectivity index (χ0) is 28.3. The molecule has 0 bridgehead atoms. The van der Waals surface area contributed by atoms with Crippen LogP contribution in [0.15, 0.2) is 132 Å². The molecule has 2 atom stereocenters. The summed E-state index contributed by atoms with van der Waals surface area (Å²) >= 11 is 0. The Balaban J connectivity index is 1.66. The molecule has 2 heterocycles. The van der Waals surface area contributed by atoms with Gasteiger partial charge in [0.1, 0.15) is 0 Å². The predicted octanol–water partition coefficient (Wildman–Crippen LogP) is 8.69. The van der Waals surface area contributed by atoms with Crippen molar-refractivity contribution in [3.63, 3.8) is 0 Å². The van der Waals surface area contributed by atoms with Crippen LogP contribution in [0.5, 0.6) is 0 Å². The summed E-state index contributed by atoms with van der Waals surface area (Å²) in [6.45, 7) is 12.6. The molecule has 2 aliphatic heterocycles. The van der Waals surface area contributed by atoms with Gasteiger partial charge in [0.2, 0.25) is 0 Å². The van der Waals surface area contributed by atoms with Crippen LogP contribution in [0.3, 0.4) is 0 Å². The molecule has 0 spiro atoms. The number of nitrogens with one attached hydrogen (secondary N) is 1. The van der Waals surface area contributed by atoms with Gasteiger partial charge in [0, 0.05) is 42.4 Å². The Kier molecular flexibility index (Phi) is 7.90. The molecule has 2 nitrogen and oxygen atoms in total. The minimum atomic E-state index is -0.187. The molecule has 0 radical (unpaired) electrons. The smallest absolute Gasteiger partial charge is 0.0486 e. The Morgan fingerprint density at radius 1 is 1.05 bits per heavy atom. The highest BCUT2D eigenvalue weighted by molar-refractivity contribution is 5.78. The van der Waals surface area contributed by atoms with Crippen LogP contribution in [-0.2, 0) is 11.8 Å². The molecule has 3 aliphatic rings. The Labute approximate surface area is 241 Å². The lowest BCUT2D eigenvalue weighted by molar-refractivity contribution is 0.0491. The first-order chi connectivity index (χ1) is 19.4. The van der Waals surface area contributed by atoms with Crippen LogP contribution in [0.2, 0.25) is 0 Å².